The molecule has 0 unspecified atom stereocenters. The minimum atomic E-state index is -1.06. The van der Waals surface area contributed by atoms with Crippen LogP contribution in [0.2, 0.25) is 0 Å². The van der Waals surface area contributed by atoms with Gasteiger partial charge in [0, 0.05) is 24.9 Å². The zero-order chi connectivity index (χ0) is 14.0. The van der Waals surface area contributed by atoms with Gasteiger partial charge in [0.1, 0.15) is 0 Å². The summed E-state index contributed by atoms with van der Waals surface area (Å²) in [5.41, 5.74) is -0.455. The quantitative estimate of drug-likeness (QED) is 0.887. The maximum atomic E-state index is 11.3. The van der Waals surface area contributed by atoms with Crippen LogP contribution in [0.1, 0.15) is 37.4 Å². The van der Waals surface area contributed by atoms with Crippen molar-refractivity contribution in [1.82, 2.24) is 9.55 Å². The number of methoxy groups -OCH3 is 1. The highest BCUT2D eigenvalue weighted by Gasteiger charge is 2.42. The molecule has 1 aliphatic rings. The standard InChI is InChI=1S/C13H18N2O4/c1-9-7-11(16)14-8-15(9)10-3-5-13(19-2,6-4-10)12(17)18/h7-8,10H,3-6H2,1-2H3,(H,17,18). The Labute approximate surface area is 111 Å². The first-order valence-electron chi connectivity index (χ1n) is 6.32. The molecule has 1 heterocycles. The van der Waals surface area contributed by atoms with E-state index < -0.39 is 11.6 Å². The van der Waals surface area contributed by atoms with Gasteiger partial charge in [-0.1, -0.05) is 0 Å². The molecule has 1 saturated carbocycles. The highest BCUT2D eigenvalue weighted by Crippen LogP contribution is 2.37. The normalized spacial score (nSPS) is 27.2. The molecule has 1 aliphatic carbocycles. The number of nitrogens with zero attached hydrogens (tertiary/aromatic N) is 2. The number of ether oxygens (including phenoxy) is 1. The van der Waals surface area contributed by atoms with Crippen molar-refractivity contribution in [2.45, 2.75) is 44.2 Å². The van der Waals surface area contributed by atoms with Crippen LogP contribution in [-0.4, -0.2) is 33.3 Å². The van der Waals surface area contributed by atoms with Gasteiger partial charge in [0.15, 0.2) is 5.60 Å². The third-order valence-electron chi connectivity index (χ3n) is 3.99. The summed E-state index contributed by atoms with van der Waals surface area (Å²) in [4.78, 5) is 26.2. The zero-order valence-electron chi connectivity index (χ0n) is 11.1. The van der Waals surface area contributed by atoms with E-state index in [1.165, 1.54) is 13.2 Å². The summed E-state index contributed by atoms with van der Waals surface area (Å²) < 4.78 is 7.15. The predicted octanol–water partition coefficient (Wildman–Crippen LogP) is 1.14. The van der Waals surface area contributed by atoms with E-state index in [1.54, 1.807) is 6.33 Å². The predicted molar refractivity (Wildman–Crippen MR) is 68.1 cm³/mol. The van der Waals surface area contributed by atoms with Crippen LogP contribution >= 0.6 is 0 Å². The molecular weight excluding hydrogens is 248 g/mol. The van der Waals surface area contributed by atoms with Crippen molar-refractivity contribution >= 4 is 5.97 Å². The summed E-state index contributed by atoms with van der Waals surface area (Å²) in [6.45, 7) is 1.86. The molecule has 0 atom stereocenters. The molecule has 0 aliphatic heterocycles. The molecule has 0 saturated heterocycles. The molecule has 104 valence electrons. The van der Waals surface area contributed by atoms with E-state index in [9.17, 15) is 14.7 Å². The summed E-state index contributed by atoms with van der Waals surface area (Å²) in [5.74, 6) is -0.900. The Bertz CT molecular complexity index is 530. The number of hydrogen-bond acceptors (Lipinski definition) is 4. The van der Waals surface area contributed by atoms with Crippen LogP contribution in [0.5, 0.6) is 0 Å². The largest absolute Gasteiger partial charge is 0.479 e. The Morgan fingerprint density at radius 1 is 1.53 bits per heavy atom. The summed E-state index contributed by atoms with van der Waals surface area (Å²) in [5, 5.41) is 9.25. The van der Waals surface area contributed by atoms with Crippen LogP contribution in [-0.2, 0) is 9.53 Å². The molecule has 0 spiro atoms. The van der Waals surface area contributed by atoms with Gasteiger partial charge >= 0.3 is 5.97 Å². The highest BCUT2D eigenvalue weighted by molar-refractivity contribution is 5.77. The number of carboxylic acid groups (broad SMARTS) is 1. The number of rotatable bonds is 3. The number of carbonyl (C=O) groups is 1. The maximum absolute atomic E-state index is 11.3. The first-order valence-corrected chi connectivity index (χ1v) is 6.32. The average molecular weight is 266 g/mol. The second-order valence-corrected chi connectivity index (χ2v) is 5.01. The lowest BCUT2D eigenvalue weighted by Gasteiger charge is -2.36. The van der Waals surface area contributed by atoms with E-state index in [4.69, 9.17) is 4.74 Å². The third kappa shape index (κ3) is 2.53. The molecule has 2 rings (SSSR count). The first kappa shape index (κ1) is 13.7. The van der Waals surface area contributed by atoms with Crippen molar-refractivity contribution in [3.63, 3.8) is 0 Å². The Hall–Kier alpha value is -1.69. The summed E-state index contributed by atoms with van der Waals surface area (Å²) in [6.07, 6.45) is 3.88. The van der Waals surface area contributed by atoms with E-state index in [2.05, 4.69) is 4.98 Å². The minimum Gasteiger partial charge on any atom is -0.479 e. The second-order valence-electron chi connectivity index (χ2n) is 5.01. The molecule has 1 fully saturated rings. The van der Waals surface area contributed by atoms with Gasteiger partial charge in [0.2, 0.25) is 0 Å². The van der Waals surface area contributed by atoms with Crippen LogP contribution < -0.4 is 5.56 Å². The molecule has 19 heavy (non-hydrogen) atoms. The highest BCUT2D eigenvalue weighted by atomic mass is 16.5. The fourth-order valence-electron chi connectivity index (χ4n) is 2.74. The lowest BCUT2D eigenvalue weighted by Crippen LogP contribution is -2.44. The smallest absolute Gasteiger partial charge is 0.335 e. The Morgan fingerprint density at radius 2 is 2.16 bits per heavy atom. The van der Waals surface area contributed by atoms with Gasteiger partial charge in [0.05, 0.1) is 6.33 Å². The Morgan fingerprint density at radius 3 is 2.63 bits per heavy atom. The molecule has 1 N–H and O–H groups in total. The molecule has 1 aromatic heterocycles. The Balaban J connectivity index is 2.16. The van der Waals surface area contributed by atoms with Gasteiger partial charge in [-0.05, 0) is 32.6 Å². The van der Waals surface area contributed by atoms with E-state index >= 15 is 0 Å². The van der Waals surface area contributed by atoms with Crippen LogP contribution in [0.25, 0.3) is 0 Å². The lowest BCUT2D eigenvalue weighted by atomic mass is 9.82. The SMILES string of the molecule is COC1(C(=O)O)CCC(n2cnc(=O)cc2C)CC1. The number of aryl methyl sites for hydroxylation is 1. The number of aromatic nitrogens is 2. The van der Waals surface area contributed by atoms with Crippen molar-refractivity contribution < 1.29 is 14.6 Å². The van der Waals surface area contributed by atoms with Crippen molar-refractivity contribution in [3.8, 4) is 0 Å². The van der Waals surface area contributed by atoms with Gasteiger partial charge in [-0.2, -0.15) is 4.98 Å². The molecule has 0 radical (unpaired) electrons. The van der Waals surface area contributed by atoms with E-state index in [0.29, 0.717) is 25.7 Å². The van der Waals surface area contributed by atoms with Gasteiger partial charge < -0.3 is 14.4 Å². The van der Waals surface area contributed by atoms with E-state index in [0.717, 1.165) is 5.69 Å². The van der Waals surface area contributed by atoms with E-state index in [1.807, 2.05) is 11.5 Å². The zero-order valence-corrected chi connectivity index (χ0v) is 11.1. The number of aliphatic carboxylic acids is 1. The molecule has 0 bridgehead atoms. The monoisotopic (exact) mass is 266 g/mol. The molecular formula is C13H18N2O4. The fraction of sp³-hybridized carbons (Fsp3) is 0.615. The maximum Gasteiger partial charge on any atom is 0.335 e. The first-order chi connectivity index (χ1) is 8.98. The van der Waals surface area contributed by atoms with Crippen molar-refractivity contribution in [3.05, 3.63) is 28.4 Å². The van der Waals surface area contributed by atoms with Crippen LogP contribution in [0.3, 0.4) is 0 Å². The summed E-state index contributed by atoms with van der Waals surface area (Å²) in [7, 11) is 1.45. The van der Waals surface area contributed by atoms with Crippen LogP contribution in [0.15, 0.2) is 17.2 Å². The molecule has 0 aromatic carbocycles. The van der Waals surface area contributed by atoms with Gasteiger partial charge in [-0.3, -0.25) is 4.79 Å². The molecule has 0 amide bonds. The number of carboxylic acids is 1. The van der Waals surface area contributed by atoms with Crippen LogP contribution in [0, 0.1) is 6.92 Å². The summed E-state index contributed by atoms with van der Waals surface area (Å²) in [6, 6.07) is 1.67. The molecule has 6 nitrogen and oxygen atoms in total. The third-order valence-corrected chi connectivity index (χ3v) is 3.99. The summed E-state index contributed by atoms with van der Waals surface area (Å²) >= 11 is 0. The lowest BCUT2D eigenvalue weighted by molar-refractivity contribution is -0.167. The molecule has 6 heteroatoms. The second kappa shape index (κ2) is 5.13. The van der Waals surface area contributed by atoms with Gasteiger partial charge in [0.25, 0.3) is 5.56 Å². The average Bonchev–Trinajstić information content (AvgIpc) is 2.39. The topological polar surface area (TPSA) is 81.4 Å². The minimum absolute atomic E-state index is 0.177. The van der Waals surface area contributed by atoms with Gasteiger partial charge in [-0.15, -0.1) is 0 Å². The van der Waals surface area contributed by atoms with Crippen LogP contribution in [0.4, 0.5) is 0 Å². The fourth-order valence-corrected chi connectivity index (χ4v) is 2.74. The van der Waals surface area contributed by atoms with Crippen molar-refractivity contribution in [1.29, 1.82) is 0 Å². The van der Waals surface area contributed by atoms with Gasteiger partial charge in [-0.25, -0.2) is 4.79 Å². The number of hydrogen-bond donors (Lipinski definition) is 1. The molecule has 1 aromatic rings. The van der Waals surface area contributed by atoms with E-state index in [-0.39, 0.29) is 11.6 Å². The van der Waals surface area contributed by atoms with Crippen molar-refractivity contribution in [2.75, 3.05) is 7.11 Å². The van der Waals surface area contributed by atoms with Crippen molar-refractivity contribution in [2.24, 2.45) is 0 Å². The Kier molecular flexibility index (Phi) is 3.71.